The number of hydrogen-bond acceptors (Lipinski definition) is 0. The average Bonchev–Trinajstić information content (AvgIpc) is 2.90. The van der Waals surface area contributed by atoms with Crippen molar-refractivity contribution in [2.45, 2.75) is 0 Å². The molecule has 1 saturated carbocycles. The van der Waals surface area contributed by atoms with Crippen LogP contribution in [0.1, 0.15) is 11.1 Å². The van der Waals surface area contributed by atoms with E-state index in [0.717, 1.165) is 0 Å². The fraction of sp³-hybridized carbons (Fsp3) is 0. The maximum Gasteiger partial charge on any atom is 1.00 e. The SMILES string of the molecule is [CH]1[CH][C](c2ccccc2)[CH][C]1c1ccccc1.[Na+]. The molecule has 1 heteroatoms. The minimum absolute atomic E-state index is 0. The topological polar surface area (TPSA) is 0 Å². The molecule has 0 atom stereocenters. The second-order valence-corrected chi connectivity index (χ2v) is 4.12. The molecule has 5 radical (unpaired) electrons. The molecule has 0 aromatic heterocycles. The summed E-state index contributed by atoms with van der Waals surface area (Å²) in [6.07, 6.45) is 6.60. The van der Waals surface area contributed by atoms with Gasteiger partial charge in [-0.25, -0.2) is 0 Å². The summed E-state index contributed by atoms with van der Waals surface area (Å²) < 4.78 is 0. The maximum absolute atomic E-state index is 2.24. The Balaban J connectivity index is 0.00000120. The molecule has 0 N–H and O–H groups in total. The Kier molecular flexibility index (Phi) is 5.05. The van der Waals surface area contributed by atoms with Crippen molar-refractivity contribution in [2.75, 3.05) is 0 Å². The van der Waals surface area contributed by atoms with E-state index in [0.29, 0.717) is 0 Å². The minimum Gasteiger partial charge on any atom is -0.0622 e. The van der Waals surface area contributed by atoms with Gasteiger partial charge in [0.1, 0.15) is 0 Å². The van der Waals surface area contributed by atoms with Crippen LogP contribution in [0, 0.1) is 31.1 Å². The van der Waals surface area contributed by atoms with E-state index in [2.05, 4.69) is 67.8 Å². The van der Waals surface area contributed by atoms with Gasteiger partial charge in [0.15, 0.2) is 0 Å². The molecule has 1 aliphatic rings. The van der Waals surface area contributed by atoms with Crippen LogP contribution in [0.4, 0.5) is 0 Å². The zero-order valence-electron chi connectivity index (χ0n) is 10.5. The Bertz CT molecular complexity index is 418. The second-order valence-electron chi connectivity index (χ2n) is 4.12. The smallest absolute Gasteiger partial charge is 0.0622 e. The van der Waals surface area contributed by atoms with E-state index in [4.69, 9.17) is 0 Å². The van der Waals surface area contributed by atoms with Gasteiger partial charge in [-0.15, -0.1) is 0 Å². The van der Waals surface area contributed by atoms with Crippen LogP contribution in [0.3, 0.4) is 0 Å². The second kappa shape index (κ2) is 6.56. The van der Waals surface area contributed by atoms with Gasteiger partial charge in [0.25, 0.3) is 0 Å². The first kappa shape index (κ1) is 13.9. The van der Waals surface area contributed by atoms with Crippen LogP contribution in [0.2, 0.25) is 0 Å². The molecule has 18 heavy (non-hydrogen) atoms. The third-order valence-electron chi connectivity index (χ3n) is 2.97. The Labute approximate surface area is 132 Å². The van der Waals surface area contributed by atoms with E-state index in [-0.39, 0.29) is 29.6 Å². The van der Waals surface area contributed by atoms with E-state index in [9.17, 15) is 0 Å². The van der Waals surface area contributed by atoms with Gasteiger partial charge in [-0.05, 0) is 30.4 Å². The summed E-state index contributed by atoms with van der Waals surface area (Å²) in [5.74, 6) is 2.56. The van der Waals surface area contributed by atoms with Crippen LogP contribution in [-0.4, -0.2) is 0 Å². The third-order valence-corrected chi connectivity index (χ3v) is 2.97. The molecule has 81 valence electrons. The van der Waals surface area contributed by atoms with Crippen molar-refractivity contribution in [1.82, 2.24) is 0 Å². The molecule has 2 aromatic rings. The van der Waals surface area contributed by atoms with E-state index in [1.54, 1.807) is 0 Å². The molecule has 0 heterocycles. The minimum atomic E-state index is 0. The van der Waals surface area contributed by atoms with Crippen molar-refractivity contribution < 1.29 is 29.6 Å². The average molecular weight is 240 g/mol. The summed E-state index contributed by atoms with van der Waals surface area (Å²) in [4.78, 5) is 0. The molecule has 0 amide bonds. The molecule has 0 bridgehead atoms. The number of hydrogen-bond donors (Lipinski definition) is 0. The fourth-order valence-electron chi connectivity index (χ4n) is 2.06. The van der Waals surface area contributed by atoms with Crippen LogP contribution >= 0.6 is 0 Å². The Hall–Kier alpha value is -0.560. The molecular formula is C17H13Na+. The Morgan fingerprint density at radius 1 is 0.500 bits per heavy atom. The molecule has 3 rings (SSSR count). The number of rotatable bonds is 2. The fourth-order valence-corrected chi connectivity index (χ4v) is 2.06. The molecule has 0 saturated heterocycles. The van der Waals surface area contributed by atoms with Gasteiger partial charge in [-0.3, -0.25) is 0 Å². The van der Waals surface area contributed by atoms with Crippen molar-refractivity contribution in [3.8, 4) is 0 Å². The summed E-state index contributed by atoms with van der Waals surface area (Å²) in [6, 6.07) is 21.0. The maximum atomic E-state index is 2.24. The zero-order chi connectivity index (χ0) is 11.5. The van der Waals surface area contributed by atoms with Crippen molar-refractivity contribution in [3.05, 3.63) is 103 Å². The predicted molar refractivity (Wildman–Crippen MR) is 70.5 cm³/mol. The van der Waals surface area contributed by atoms with E-state index in [1.165, 1.54) is 23.0 Å². The van der Waals surface area contributed by atoms with Gasteiger partial charge >= 0.3 is 29.6 Å². The molecule has 1 fully saturated rings. The van der Waals surface area contributed by atoms with Gasteiger partial charge in [0.05, 0.1) is 0 Å². The Morgan fingerprint density at radius 2 is 0.889 bits per heavy atom. The first-order valence-electron chi connectivity index (χ1n) is 5.81. The van der Waals surface area contributed by atoms with Crippen LogP contribution in [0.25, 0.3) is 0 Å². The molecule has 0 spiro atoms. The van der Waals surface area contributed by atoms with Gasteiger partial charge in [0.2, 0.25) is 0 Å². The quantitative estimate of drug-likeness (QED) is 0.683. The molecule has 2 aromatic carbocycles. The van der Waals surface area contributed by atoms with Gasteiger partial charge < -0.3 is 0 Å². The summed E-state index contributed by atoms with van der Waals surface area (Å²) in [5.41, 5.74) is 2.55. The first-order valence-corrected chi connectivity index (χ1v) is 5.81. The van der Waals surface area contributed by atoms with Crippen molar-refractivity contribution in [3.63, 3.8) is 0 Å². The normalized spacial score (nSPS) is 16.4. The summed E-state index contributed by atoms with van der Waals surface area (Å²) in [6.45, 7) is 0. The molecule has 0 unspecified atom stereocenters. The van der Waals surface area contributed by atoms with Gasteiger partial charge in [-0.2, -0.15) is 0 Å². The third kappa shape index (κ3) is 3.06. The molecule has 0 nitrogen and oxygen atoms in total. The monoisotopic (exact) mass is 240 g/mol. The Morgan fingerprint density at radius 3 is 1.28 bits per heavy atom. The van der Waals surface area contributed by atoms with Crippen LogP contribution in [0.5, 0.6) is 0 Å². The van der Waals surface area contributed by atoms with Crippen molar-refractivity contribution in [2.24, 2.45) is 0 Å². The summed E-state index contributed by atoms with van der Waals surface area (Å²) >= 11 is 0. The first-order chi connectivity index (χ1) is 8.43. The van der Waals surface area contributed by atoms with Gasteiger partial charge in [0, 0.05) is 11.8 Å². The van der Waals surface area contributed by atoms with Crippen LogP contribution in [0.15, 0.2) is 60.7 Å². The number of benzene rings is 2. The zero-order valence-corrected chi connectivity index (χ0v) is 12.5. The summed E-state index contributed by atoms with van der Waals surface area (Å²) in [7, 11) is 0. The largest absolute Gasteiger partial charge is 1.00 e. The van der Waals surface area contributed by atoms with Crippen molar-refractivity contribution >= 4 is 0 Å². The predicted octanol–water partition coefficient (Wildman–Crippen LogP) is 0.862. The van der Waals surface area contributed by atoms with Crippen LogP contribution < -0.4 is 29.6 Å². The molecular weight excluding hydrogens is 227 g/mol. The van der Waals surface area contributed by atoms with E-state index in [1.807, 2.05) is 12.1 Å². The van der Waals surface area contributed by atoms with Crippen LogP contribution in [-0.2, 0) is 0 Å². The van der Waals surface area contributed by atoms with E-state index < -0.39 is 0 Å². The van der Waals surface area contributed by atoms with Crippen molar-refractivity contribution in [1.29, 1.82) is 0 Å². The van der Waals surface area contributed by atoms with E-state index >= 15 is 0 Å². The summed E-state index contributed by atoms with van der Waals surface area (Å²) in [5, 5.41) is 0. The molecule has 0 aliphatic heterocycles. The standard InChI is InChI=1S/C17H13.Na/c1-3-7-14(8-4-1)16-11-12-17(13-16)15-9-5-2-6-10-15;/h1-13H;/q;+1. The van der Waals surface area contributed by atoms with Gasteiger partial charge in [-0.1, -0.05) is 60.7 Å². The molecule has 1 aliphatic carbocycles.